The minimum atomic E-state index is 1.01. The van der Waals surface area contributed by atoms with Crippen LogP contribution in [0.25, 0.3) is 5.69 Å². The molecule has 0 amide bonds. The molecule has 0 unspecified atom stereocenters. The van der Waals surface area contributed by atoms with E-state index in [4.69, 9.17) is 0 Å². The molecule has 2 heterocycles. The molecule has 3 heteroatoms. The van der Waals surface area contributed by atoms with E-state index >= 15 is 0 Å². The van der Waals surface area contributed by atoms with Crippen molar-refractivity contribution in [3.63, 3.8) is 0 Å². The molecule has 0 atom stereocenters. The van der Waals surface area contributed by atoms with E-state index in [9.17, 15) is 0 Å². The van der Waals surface area contributed by atoms with Gasteiger partial charge in [0.2, 0.25) is 0 Å². The number of benzene rings is 1. The van der Waals surface area contributed by atoms with Crippen molar-refractivity contribution in [2.45, 2.75) is 26.2 Å². The van der Waals surface area contributed by atoms with E-state index in [1.807, 2.05) is 12.5 Å². The zero-order valence-electron chi connectivity index (χ0n) is 10.1. The first-order valence-corrected chi connectivity index (χ1v) is 6.27. The Kier molecular flexibility index (Phi) is 2.59. The number of fused-ring (bicyclic) bond motifs is 1. The van der Waals surface area contributed by atoms with Gasteiger partial charge in [0.15, 0.2) is 0 Å². The molecule has 0 spiro atoms. The lowest BCUT2D eigenvalue weighted by Gasteiger charge is -2.19. The van der Waals surface area contributed by atoms with Crippen LogP contribution in [0.5, 0.6) is 0 Å². The molecule has 0 fully saturated rings. The summed E-state index contributed by atoms with van der Waals surface area (Å²) < 4.78 is 2.18. The zero-order chi connectivity index (χ0) is 11.7. The Morgan fingerprint density at radius 1 is 1.41 bits per heavy atom. The maximum atomic E-state index is 4.23. The molecule has 2 aromatic rings. The van der Waals surface area contributed by atoms with Crippen molar-refractivity contribution >= 4 is 5.69 Å². The van der Waals surface area contributed by atoms with Gasteiger partial charge in [0.25, 0.3) is 0 Å². The first kappa shape index (κ1) is 10.4. The zero-order valence-corrected chi connectivity index (χ0v) is 10.1. The summed E-state index contributed by atoms with van der Waals surface area (Å²) in [5.41, 5.74) is 5.19. The van der Waals surface area contributed by atoms with Gasteiger partial charge in [0.05, 0.1) is 6.33 Å². The second kappa shape index (κ2) is 4.24. The molecular formula is C14H17N3. The van der Waals surface area contributed by atoms with Crippen LogP contribution in [0.15, 0.2) is 30.7 Å². The SMILES string of the molecule is CCc1cncn1-c1ccc2c(c1)CCCN2. The van der Waals surface area contributed by atoms with Gasteiger partial charge in [-0.2, -0.15) is 0 Å². The quantitative estimate of drug-likeness (QED) is 0.855. The molecule has 3 nitrogen and oxygen atoms in total. The number of hydrogen-bond acceptors (Lipinski definition) is 2. The van der Waals surface area contributed by atoms with Crippen LogP contribution < -0.4 is 5.32 Å². The van der Waals surface area contributed by atoms with E-state index in [0.29, 0.717) is 0 Å². The highest BCUT2D eigenvalue weighted by molar-refractivity contribution is 5.57. The summed E-state index contributed by atoms with van der Waals surface area (Å²) in [5.74, 6) is 0. The fraction of sp³-hybridized carbons (Fsp3) is 0.357. The molecule has 1 aromatic heterocycles. The normalized spacial score (nSPS) is 14.2. The number of nitrogens with one attached hydrogen (secondary N) is 1. The molecule has 1 aromatic carbocycles. The largest absolute Gasteiger partial charge is 0.385 e. The predicted octanol–water partition coefficient (Wildman–Crippen LogP) is 2.79. The van der Waals surface area contributed by atoms with E-state index in [1.165, 1.54) is 35.5 Å². The van der Waals surface area contributed by atoms with Crippen molar-refractivity contribution in [1.29, 1.82) is 0 Å². The number of anilines is 1. The average Bonchev–Trinajstić information content (AvgIpc) is 2.86. The molecule has 3 rings (SSSR count). The Morgan fingerprint density at radius 3 is 3.24 bits per heavy atom. The van der Waals surface area contributed by atoms with Gasteiger partial charge in [-0.3, -0.25) is 0 Å². The second-order valence-electron chi connectivity index (χ2n) is 4.48. The highest BCUT2D eigenvalue weighted by atomic mass is 15.0. The lowest BCUT2D eigenvalue weighted by molar-refractivity contribution is 0.826. The van der Waals surface area contributed by atoms with Crippen LogP contribution in [0.1, 0.15) is 24.6 Å². The van der Waals surface area contributed by atoms with Crippen molar-refractivity contribution in [3.05, 3.63) is 42.0 Å². The van der Waals surface area contributed by atoms with Gasteiger partial charge >= 0.3 is 0 Å². The van der Waals surface area contributed by atoms with Crippen LogP contribution in [0.2, 0.25) is 0 Å². The molecule has 1 aliphatic rings. The summed E-state index contributed by atoms with van der Waals surface area (Å²) in [6, 6.07) is 6.63. The minimum Gasteiger partial charge on any atom is -0.385 e. The van der Waals surface area contributed by atoms with Crippen LogP contribution in [0.3, 0.4) is 0 Å². The molecule has 88 valence electrons. The van der Waals surface area contributed by atoms with E-state index in [1.54, 1.807) is 0 Å². The first-order chi connectivity index (χ1) is 8.38. The number of nitrogens with zero attached hydrogens (tertiary/aromatic N) is 2. The lowest BCUT2D eigenvalue weighted by Crippen LogP contribution is -2.12. The first-order valence-electron chi connectivity index (χ1n) is 6.27. The molecule has 0 saturated heterocycles. The summed E-state index contributed by atoms with van der Waals surface area (Å²) in [7, 11) is 0. The third kappa shape index (κ3) is 1.82. The standard InChI is InChI=1S/C14H17N3/c1-2-12-9-15-10-17(12)13-5-6-14-11(8-13)4-3-7-16-14/h5-6,8-10,16H,2-4,7H2,1H3. The van der Waals surface area contributed by atoms with Crippen LogP contribution in [-0.2, 0) is 12.8 Å². The third-order valence-corrected chi connectivity index (χ3v) is 3.38. The number of imidazole rings is 1. The van der Waals surface area contributed by atoms with Gasteiger partial charge < -0.3 is 9.88 Å². The third-order valence-electron chi connectivity index (χ3n) is 3.38. The van der Waals surface area contributed by atoms with Gasteiger partial charge in [-0.05, 0) is 43.0 Å². The van der Waals surface area contributed by atoms with Crippen LogP contribution in [-0.4, -0.2) is 16.1 Å². The Morgan fingerprint density at radius 2 is 2.35 bits per heavy atom. The van der Waals surface area contributed by atoms with Crippen LogP contribution in [0, 0.1) is 0 Å². The van der Waals surface area contributed by atoms with E-state index in [-0.39, 0.29) is 0 Å². The van der Waals surface area contributed by atoms with Crippen LogP contribution in [0.4, 0.5) is 5.69 Å². The van der Waals surface area contributed by atoms with Gasteiger partial charge in [-0.15, -0.1) is 0 Å². The summed E-state index contributed by atoms with van der Waals surface area (Å²) in [5, 5.41) is 3.44. The number of hydrogen-bond donors (Lipinski definition) is 1. The molecule has 1 aliphatic heterocycles. The highest BCUT2D eigenvalue weighted by Crippen LogP contribution is 2.25. The van der Waals surface area contributed by atoms with Crippen molar-refractivity contribution in [2.24, 2.45) is 0 Å². The molecule has 0 aliphatic carbocycles. The van der Waals surface area contributed by atoms with Gasteiger partial charge in [0, 0.05) is 29.8 Å². The molecule has 17 heavy (non-hydrogen) atoms. The Hall–Kier alpha value is -1.77. The fourth-order valence-corrected chi connectivity index (χ4v) is 2.43. The van der Waals surface area contributed by atoms with E-state index in [2.05, 4.69) is 40.0 Å². The fourth-order valence-electron chi connectivity index (χ4n) is 2.43. The average molecular weight is 227 g/mol. The number of aryl methyl sites for hydroxylation is 2. The van der Waals surface area contributed by atoms with Gasteiger partial charge in [-0.25, -0.2) is 4.98 Å². The Labute approximate surface area is 101 Å². The maximum Gasteiger partial charge on any atom is 0.0994 e. The predicted molar refractivity (Wildman–Crippen MR) is 69.8 cm³/mol. The maximum absolute atomic E-state index is 4.23. The van der Waals surface area contributed by atoms with Crippen molar-refractivity contribution in [2.75, 3.05) is 11.9 Å². The molecule has 0 bridgehead atoms. The summed E-state index contributed by atoms with van der Waals surface area (Å²) in [6.07, 6.45) is 7.25. The summed E-state index contributed by atoms with van der Waals surface area (Å²) >= 11 is 0. The van der Waals surface area contributed by atoms with Gasteiger partial charge in [0.1, 0.15) is 0 Å². The van der Waals surface area contributed by atoms with Crippen molar-refractivity contribution < 1.29 is 0 Å². The van der Waals surface area contributed by atoms with Crippen molar-refractivity contribution in [1.82, 2.24) is 9.55 Å². The van der Waals surface area contributed by atoms with Crippen LogP contribution >= 0.6 is 0 Å². The topological polar surface area (TPSA) is 29.9 Å². The molecule has 1 N–H and O–H groups in total. The smallest absolute Gasteiger partial charge is 0.0994 e. The van der Waals surface area contributed by atoms with Gasteiger partial charge in [-0.1, -0.05) is 6.92 Å². The highest BCUT2D eigenvalue weighted by Gasteiger charge is 2.10. The molecule has 0 saturated carbocycles. The monoisotopic (exact) mass is 227 g/mol. The second-order valence-corrected chi connectivity index (χ2v) is 4.48. The minimum absolute atomic E-state index is 1.01. The van der Waals surface area contributed by atoms with Crippen molar-refractivity contribution in [3.8, 4) is 5.69 Å². The number of rotatable bonds is 2. The number of aromatic nitrogens is 2. The lowest BCUT2D eigenvalue weighted by atomic mass is 10.0. The molecular weight excluding hydrogens is 210 g/mol. The Bertz CT molecular complexity index is 528. The molecule has 0 radical (unpaired) electrons. The summed E-state index contributed by atoms with van der Waals surface area (Å²) in [4.78, 5) is 4.23. The van der Waals surface area contributed by atoms with E-state index < -0.39 is 0 Å². The summed E-state index contributed by atoms with van der Waals surface area (Å²) in [6.45, 7) is 3.26. The van der Waals surface area contributed by atoms with E-state index in [0.717, 1.165) is 13.0 Å². The Balaban J connectivity index is 2.04.